The molecule has 1 amide bonds. The van der Waals surface area contributed by atoms with Gasteiger partial charge in [0, 0.05) is 22.7 Å². The number of carbonyl (C=O) groups excluding carboxylic acids is 1. The van der Waals surface area contributed by atoms with E-state index < -0.39 is 0 Å². The maximum absolute atomic E-state index is 12.1. The molecule has 0 fully saturated rings. The van der Waals surface area contributed by atoms with Crippen LogP contribution in [-0.4, -0.2) is 17.9 Å². The topological polar surface area (TPSA) is 33.2 Å². The van der Waals surface area contributed by atoms with E-state index in [4.69, 9.17) is 11.6 Å². The molecule has 0 aliphatic rings. The summed E-state index contributed by atoms with van der Waals surface area (Å²) < 4.78 is 0.892. The third-order valence-electron chi connectivity index (χ3n) is 2.69. The van der Waals surface area contributed by atoms with E-state index in [1.165, 1.54) is 0 Å². The van der Waals surface area contributed by atoms with Gasteiger partial charge >= 0.3 is 0 Å². The van der Waals surface area contributed by atoms with Gasteiger partial charge in [0.25, 0.3) is 0 Å². The maximum Gasteiger partial charge on any atom is 0.232 e. The lowest BCUT2D eigenvalue weighted by atomic mass is 10.1. The van der Waals surface area contributed by atoms with Crippen LogP contribution in [0.3, 0.4) is 0 Å². The van der Waals surface area contributed by atoms with Gasteiger partial charge in [0.05, 0.1) is 6.42 Å². The third kappa shape index (κ3) is 3.78. The molecule has 0 aliphatic carbocycles. The number of halogens is 2. The van der Waals surface area contributed by atoms with Crippen LogP contribution < -0.4 is 4.90 Å². The summed E-state index contributed by atoms with van der Waals surface area (Å²) in [5, 5.41) is 0.665. The average molecular weight is 340 g/mol. The van der Waals surface area contributed by atoms with Crippen LogP contribution in [0.15, 0.2) is 47.1 Å². The molecule has 2 aromatic rings. The number of benzene rings is 1. The van der Waals surface area contributed by atoms with E-state index >= 15 is 0 Å². The minimum atomic E-state index is -0.0204. The Labute approximate surface area is 125 Å². The predicted molar refractivity (Wildman–Crippen MR) is 80.5 cm³/mol. The number of carbonyl (C=O) groups is 1. The van der Waals surface area contributed by atoms with Crippen molar-refractivity contribution in [1.82, 2.24) is 4.98 Å². The standard InChI is InChI=1S/C14H12BrClN2O/c1-18(13-9-11(15)6-7-17-13)14(19)8-10-2-4-12(16)5-3-10/h2-7,9H,8H2,1H3. The number of hydrogen-bond donors (Lipinski definition) is 0. The first-order chi connectivity index (χ1) is 9.06. The zero-order valence-corrected chi connectivity index (χ0v) is 12.6. The molecule has 0 bridgehead atoms. The van der Waals surface area contributed by atoms with E-state index in [1.807, 2.05) is 18.2 Å². The number of hydrogen-bond acceptors (Lipinski definition) is 2. The summed E-state index contributed by atoms with van der Waals surface area (Å²) in [4.78, 5) is 17.9. The Balaban J connectivity index is 2.09. The van der Waals surface area contributed by atoms with E-state index in [9.17, 15) is 4.79 Å². The van der Waals surface area contributed by atoms with Crippen molar-refractivity contribution in [3.63, 3.8) is 0 Å². The molecule has 0 aliphatic heterocycles. The average Bonchev–Trinajstić information content (AvgIpc) is 2.40. The van der Waals surface area contributed by atoms with Gasteiger partial charge in [-0.25, -0.2) is 4.98 Å². The summed E-state index contributed by atoms with van der Waals surface area (Å²) in [6.45, 7) is 0. The lowest BCUT2D eigenvalue weighted by Crippen LogP contribution is -2.28. The number of amides is 1. The molecule has 1 aromatic heterocycles. The summed E-state index contributed by atoms with van der Waals surface area (Å²) in [7, 11) is 1.72. The van der Waals surface area contributed by atoms with Crippen molar-refractivity contribution in [2.75, 3.05) is 11.9 Å². The van der Waals surface area contributed by atoms with Crippen LogP contribution in [0.2, 0.25) is 5.02 Å². The zero-order valence-electron chi connectivity index (χ0n) is 10.3. The molecule has 0 saturated heterocycles. The van der Waals surface area contributed by atoms with Crippen LogP contribution in [-0.2, 0) is 11.2 Å². The first kappa shape index (κ1) is 14.0. The highest BCUT2D eigenvalue weighted by atomic mass is 79.9. The Bertz CT molecular complexity index is 586. The first-order valence-corrected chi connectivity index (χ1v) is 6.86. The lowest BCUT2D eigenvalue weighted by molar-refractivity contribution is -0.117. The van der Waals surface area contributed by atoms with E-state index in [1.54, 1.807) is 36.3 Å². The van der Waals surface area contributed by atoms with E-state index in [-0.39, 0.29) is 5.91 Å². The van der Waals surface area contributed by atoms with Gasteiger partial charge in [-0.15, -0.1) is 0 Å². The van der Waals surface area contributed by atoms with Crippen molar-refractivity contribution in [2.24, 2.45) is 0 Å². The quantitative estimate of drug-likeness (QED) is 0.854. The zero-order chi connectivity index (χ0) is 13.8. The first-order valence-electron chi connectivity index (χ1n) is 5.69. The van der Waals surface area contributed by atoms with Crippen molar-refractivity contribution >= 4 is 39.3 Å². The number of aromatic nitrogens is 1. The van der Waals surface area contributed by atoms with Gasteiger partial charge in [-0.1, -0.05) is 39.7 Å². The molecule has 1 aromatic carbocycles. The molecule has 5 heteroatoms. The number of pyridine rings is 1. The van der Waals surface area contributed by atoms with Gasteiger partial charge in [0.15, 0.2) is 0 Å². The molecule has 98 valence electrons. The van der Waals surface area contributed by atoms with Crippen molar-refractivity contribution in [3.05, 3.63) is 57.7 Å². The monoisotopic (exact) mass is 338 g/mol. The molecule has 0 radical (unpaired) electrons. The Morgan fingerprint density at radius 3 is 2.63 bits per heavy atom. The maximum atomic E-state index is 12.1. The lowest BCUT2D eigenvalue weighted by Gasteiger charge is -2.16. The minimum absolute atomic E-state index is 0.0204. The van der Waals surface area contributed by atoms with Crippen LogP contribution in [0.25, 0.3) is 0 Å². The number of likely N-dealkylation sites (N-methyl/N-ethyl adjacent to an activating group) is 1. The van der Waals surface area contributed by atoms with Crippen LogP contribution in [0.4, 0.5) is 5.82 Å². The fraction of sp³-hybridized carbons (Fsp3) is 0.143. The van der Waals surface area contributed by atoms with E-state index in [0.717, 1.165) is 10.0 Å². The van der Waals surface area contributed by atoms with Gasteiger partial charge in [-0.2, -0.15) is 0 Å². The van der Waals surface area contributed by atoms with Gasteiger partial charge in [-0.3, -0.25) is 9.69 Å². The Kier molecular flexibility index (Phi) is 4.56. The van der Waals surface area contributed by atoms with Gasteiger partial charge in [-0.05, 0) is 29.8 Å². The molecule has 0 atom stereocenters. The second kappa shape index (κ2) is 6.17. The summed E-state index contributed by atoms with van der Waals surface area (Å²) >= 11 is 9.18. The van der Waals surface area contributed by atoms with Crippen molar-refractivity contribution in [3.8, 4) is 0 Å². The highest BCUT2D eigenvalue weighted by Crippen LogP contribution is 2.17. The fourth-order valence-electron chi connectivity index (χ4n) is 1.60. The number of anilines is 1. The molecule has 0 spiro atoms. The van der Waals surface area contributed by atoms with Crippen LogP contribution in [0.1, 0.15) is 5.56 Å². The molecule has 3 nitrogen and oxygen atoms in total. The van der Waals surface area contributed by atoms with Crippen molar-refractivity contribution < 1.29 is 4.79 Å². The Morgan fingerprint density at radius 2 is 2.00 bits per heavy atom. The van der Waals surface area contributed by atoms with Crippen molar-refractivity contribution in [2.45, 2.75) is 6.42 Å². The molecule has 19 heavy (non-hydrogen) atoms. The molecule has 2 rings (SSSR count). The Hall–Kier alpha value is -1.39. The summed E-state index contributed by atoms with van der Waals surface area (Å²) in [6, 6.07) is 10.9. The fourth-order valence-corrected chi connectivity index (χ4v) is 2.05. The summed E-state index contributed by atoms with van der Waals surface area (Å²) in [5.41, 5.74) is 0.927. The molecule has 0 saturated carbocycles. The molecule has 0 N–H and O–H groups in total. The molecular formula is C14H12BrClN2O. The Morgan fingerprint density at radius 1 is 1.32 bits per heavy atom. The third-order valence-corrected chi connectivity index (χ3v) is 3.44. The normalized spacial score (nSPS) is 10.3. The SMILES string of the molecule is CN(C(=O)Cc1ccc(Cl)cc1)c1cc(Br)ccn1. The summed E-state index contributed by atoms with van der Waals surface area (Å²) in [6.07, 6.45) is 1.98. The molecule has 1 heterocycles. The van der Waals surface area contributed by atoms with Gasteiger partial charge in [0.2, 0.25) is 5.91 Å². The highest BCUT2D eigenvalue weighted by Gasteiger charge is 2.12. The summed E-state index contributed by atoms with van der Waals surface area (Å²) in [5.74, 6) is 0.598. The van der Waals surface area contributed by atoms with Gasteiger partial charge < -0.3 is 0 Å². The second-order valence-electron chi connectivity index (χ2n) is 4.09. The second-order valence-corrected chi connectivity index (χ2v) is 5.44. The molecular weight excluding hydrogens is 328 g/mol. The molecule has 0 unspecified atom stereocenters. The number of nitrogens with zero attached hydrogens (tertiary/aromatic N) is 2. The number of rotatable bonds is 3. The minimum Gasteiger partial charge on any atom is -0.300 e. The van der Waals surface area contributed by atoms with E-state index in [0.29, 0.717) is 17.3 Å². The highest BCUT2D eigenvalue weighted by molar-refractivity contribution is 9.10. The largest absolute Gasteiger partial charge is 0.300 e. The van der Waals surface area contributed by atoms with Crippen LogP contribution >= 0.6 is 27.5 Å². The van der Waals surface area contributed by atoms with Crippen LogP contribution in [0.5, 0.6) is 0 Å². The van der Waals surface area contributed by atoms with Crippen molar-refractivity contribution in [1.29, 1.82) is 0 Å². The predicted octanol–water partition coefficient (Wildman–Crippen LogP) is 3.70. The van der Waals surface area contributed by atoms with Crippen LogP contribution in [0, 0.1) is 0 Å². The van der Waals surface area contributed by atoms with Gasteiger partial charge in [0.1, 0.15) is 5.82 Å². The van der Waals surface area contributed by atoms with E-state index in [2.05, 4.69) is 20.9 Å². The smallest absolute Gasteiger partial charge is 0.232 e.